The minimum Gasteiger partial charge on any atom is -0.222 e. The summed E-state index contributed by atoms with van der Waals surface area (Å²) in [7, 11) is -8.24. The topological polar surface area (TPSA) is 92.2 Å². The summed E-state index contributed by atoms with van der Waals surface area (Å²) in [5.74, 6) is 0.178. The van der Waals surface area contributed by atoms with Crippen molar-refractivity contribution in [3.63, 3.8) is 0 Å². The van der Waals surface area contributed by atoms with Gasteiger partial charge >= 0.3 is 19.5 Å². The molecule has 0 bridgehead atoms. The quantitative estimate of drug-likeness (QED) is 0.0616. The van der Waals surface area contributed by atoms with Crippen molar-refractivity contribution in [2.45, 2.75) is 11.8 Å². The summed E-state index contributed by atoms with van der Waals surface area (Å²) in [6.45, 7) is 0. The molecule has 16 rings (SSSR count). The van der Waals surface area contributed by atoms with Gasteiger partial charge in [-0.3, -0.25) is 0 Å². The molecule has 0 saturated carbocycles. The molecular formula is C88H66ClO4P4Rh. The number of benzene rings is 14. The predicted molar refractivity (Wildman–Crippen MR) is 405 cm³/mol. The Kier molecular flexibility index (Phi) is 22.1. The summed E-state index contributed by atoms with van der Waals surface area (Å²) in [5.41, 5.74) is 11.2. The van der Waals surface area contributed by atoms with E-state index in [1.165, 1.54) is 119 Å². The summed E-state index contributed by atoms with van der Waals surface area (Å²) >= 11 is 0. The van der Waals surface area contributed by atoms with Crippen LogP contribution in [0.25, 0.3) is 33.7 Å². The van der Waals surface area contributed by atoms with E-state index in [9.17, 15) is 0 Å². The normalized spacial score (nSPS) is 13.9. The average Bonchev–Trinajstić information content (AvgIpc) is 0.740. The second-order valence-corrected chi connectivity index (χ2v) is 33.1. The van der Waals surface area contributed by atoms with E-state index in [-0.39, 0.29) is 31.3 Å². The Bertz CT molecular complexity index is 4500. The van der Waals surface area contributed by atoms with Crippen LogP contribution in [0.1, 0.15) is 45.2 Å². The Hall–Kier alpha value is -8.71. The molecule has 98 heavy (non-hydrogen) atoms. The molecule has 0 aromatic heterocycles. The van der Waals surface area contributed by atoms with Gasteiger partial charge in [-0.25, -0.2) is 42.9 Å². The maximum atomic E-state index is 8.49. The predicted octanol–water partition coefficient (Wildman–Crippen LogP) is 14.1. The van der Waals surface area contributed by atoms with Crippen LogP contribution in [0, 0.1) is 21.6 Å². The van der Waals surface area contributed by atoms with Crippen molar-refractivity contribution in [3.05, 3.63) is 421 Å². The van der Waals surface area contributed by atoms with E-state index < -0.39 is 41.9 Å². The van der Waals surface area contributed by atoms with Crippen LogP contribution in [0.2, 0.25) is 0 Å². The van der Waals surface area contributed by atoms with Crippen molar-refractivity contribution < 1.29 is 48.4 Å². The molecule has 0 saturated heterocycles. The van der Waals surface area contributed by atoms with Gasteiger partial charge in [-0.2, -0.15) is 11.3 Å². The van der Waals surface area contributed by atoms with Crippen molar-refractivity contribution in [3.8, 4) is 0 Å². The van der Waals surface area contributed by atoms with Gasteiger partial charge in [0.2, 0.25) is 0 Å². The minimum atomic E-state index is -4.94. The van der Waals surface area contributed by atoms with Crippen LogP contribution in [0.4, 0.5) is 0 Å². The van der Waals surface area contributed by atoms with Crippen molar-refractivity contribution in [1.82, 2.24) is 0 Å². The van der Waals surface area contributed by atoms with E-state index in [2.05, 4.69) is 388 Å². The molecule has 2 atom stereocenters. The minimum absolute atomic E-state index is 0. The molecule has 0 amide bonds. The zero-order valence-electron chi connectivity index (χ0n) is 53.2. The second-order valence-electron chi connectivity index (χ2n) is 23.5. The Morgan fingerprint density at radius 1 is 0.255 bits per heavy atom. The maximum absolute atomic E-state index is 8.49. The first-order valence-corrected chi connectivity index (χ1v) is 38.9. The van der Waals surface area contributed by atoms with Crippen molar-refractivity contribution >= 4 is 118 Å². The first-order valence-electron chi connectivity index (χ1n) is 32.3. The molecule has 2 unspecified atom stereocenters. The third-order valence-corrected chi connectivity index (χ3v) is 27.8. The number of rotatable bonds is 14. The van der Waals surface area contributed by atoms with Gasteiger partial charge in [0, 0.05) is 0 Å². The molecule has 0 radical (unpaired) electrons. The number of hydrogen-bond acceptors (Lipinski definition) is 4. The van der Waals surface area contributed by atoms with Gasteiger partial charge < -0.3 is 0 Å². The van der Waals surface area contributed by atoms with Gasteiger partial charge in [0.15, 0.2) is 0 Å². The SMILES string of the molecule is C1=C[C-](P(c2ccccc2)c2ccccc2)C(c2c(P(c3ccccc3)c3ccccc3)ccc3ccccc23)c2ccccc21.C1=C[C-](P(c2ccccc2)c2ccccc2)C(c2c(P(c3ccccc3)c3ccccc3)ccc3ccccc23)c2ccccc21.[O-][Cl+3]([O-])([O-])[O-].[Rh+3]. The van der Waals surface area contributed by atoms with Gasteiger partial charge in [0.25, 0.3) is 0 Å². The summed E-state index contributed by atoms with van der Waals surface area (Å²) in [6.07, 6.45) is 9.61. The first-order chi connectivity index (χ1) is 47.7. The van der Waals surface area contributed by atoms with Crippen molar-refractivity contribution in [2.75, 3.05) is 0 Å². The Labute approximate surface area is 594 Å². The van der Waals surface area contributed by atoms with E-state index in [0.717, 1.165) is 0 Å². The van der Waals surface area contributed by atoms with Crippen LogP contribution >= 0.6 is 31.7 Å². The van der Waals surface area contributed by atoms with Crippen LogP contribution in [0.5, 0.6) is 0 Å². The number of hydrogen-bond donors (Lipinski definition) is 0. The number of allylic oxidation sites excluding steroid dienone is 2. The van der Waals surface area contributed by atoms with Gasteiger partial charge in [0.05, 0.1) is 0 Å². The summed E-state index contributed by atoms with van der Waals surface area (Å²) < 4.78 is 34.0. The molecule has 4 nitrogen and oxygen atoms in total. The van der Waals surface area contributed by atoms with Crippen molar-refractivity contribution in [1.29, 1.82) is 0 Å². The average molecular weight is 1450 g/mol. The first kappa shape index (κ1) is 67.8. The Morgan fingerprint density at radius 2 is 0.490 bits per heavy atom. The largest absolute Gasteiger partial charge is 3.00 e. The molecule has 14 aromatic rings. The molecular weight excluding hydrogens is 1380 g/mol. The molecule has 14 aromatic carbocycles. The molecule has 0 spiro atoms. The zero-order chi connectivity index (χ0) is 65.9. The van der Waals surface area contributed by atoms with E-state index in [4.69, 9.17) is 18.6 Å². The Balaban J connectivity index is 0.000000164. The van der Waals surface area contributed by atoms with Crippen LogP contribution in [0.3, 0.4) is 0 Å². The monoisotopic (exact) mass is 1450 g/mol. The van der Waals surface area contributed by atoms with Crippen LogP contribution in [0.15, 0.2) is 376 Å². The summed E-state index contributed by atoms with van der Waals surface area (Å²) in [6, 6.07) is 135. The zero-order valence-corrected chi connectivity index (χ0v) is 59.2. The van der Waals surface area contributed by atoms with E-state index in [0.29, 0.717) is 0 Å². The maximum Gasteiger partial charge on any atom is 3.00 e. The van der Waals surface area contributed by atoms with Gasteiger partial charge in [-0.1, -0.05) is 375 Å². The van der Waals surface area contributed by atoms with E-state index in [1.807, 2.05) is 0 Å². The van der Waals surface area contributed by atoms with Gasteiger partial charge in [0.1, 0.15) is 0 Å². The third kappa shape index (κ3) is 15.1. The Morgan fingerprint density at radius 3 is 0.776 bits per heavy atom. The van der Waals surface area contributed by atoms with Crippen LogP contribution in [-0.4, -0.2) is 0 Å². The molecule has 478 valence electrons. The van der Waals surface area contributed by atoms with Crippen LogP contribution < -0.4 is 71.7 Å². The fourth-order valence-electron chi connectivity index (χ4n) is 13.7. The molecule has 0 aliphatic heterocycles. The van der Waals surface area contributed by atoms with Gasteiger partial charge in [-0.15, -0.1) is 37.2 Å². The fraction of sp³-hybridized carbons (Fsp3) is 0.0227. The number of halogens is 1. The molecule has 2 aliphatic rings. The van der Waals surface area contributed by atoms with Crippen molar-refractivity contribution in [2.24, 2.45) is 0 Å². The molecule has 2 aliphatic carbocycles. The molecule has 10 heteroatoms. The number of fused-ring (bicyclic) bond motifs is 4. The molecule has 0 fully saturated rings. The molecule has 0 heterocycles. The van der Waals surface area contributed by atoms with Gasteiger partial charge in [-0.05, 0) is 113 Å². The van der Waals surface area contributed by atoms with E-state index in [1.54, 1.807) is 0 Å². The fourth-order valence-corrected chi connectivity index (χ4v) is 23.8. The summed E-state index contributed by atoms with van der Waals surface area (Å²) in [4.78, 5) is 0. The third-order valence-electron chi connectivity index (χ3n) is 17.7. The standard InChI is InChI=1S/2C44H33P2.ClHO4.Rh/c2*1-5-19-35(20-6-1)45(36-21-7-2-8-22-36)41-31-29-33-17-13-15-27-39(33)43(41)44-40-28-16-14-18-34(40)30-32-42(44)46(37-23-9-3-10-24-37)38-25-11-4-12-26-38;2-1(3,4)5;/h2*1-32,43H;(H,2,3,4,5);/q2*-1;;+3/p-1. The van der Waals surface area contributed by atoms with Crippen LogP contribution in [-0.2, 0) is 19.5 Å². The molecule has 0 N–H and O–H groups in total. The second kappa shape index (κ2) is 31.9. The summed E-state index contributed by atoms with van der Waals surface area (Å²) in [5, 5.41) is 19.1. The smallest absolute Gasteiger partial charge is 0.222 e. The van der Waals surface area contributed by atoms with E-state index >= 15 is 0 Å².